The highest BCUT2D eigenvalue weighted by molar-refractivity contribution is 5.89. The number of alkyl carbamates (subject to hydrolysis) is 1. The van der Waals surface area contributed by atoms with Gasteiger partial charge in [-0.2, -0.15) is 0 Å². The minimum atomic E-state index is -1.20. The van der Waals surface area contributed by atoms with E-state index in [9.17, 15) is 19.2 Å². The molecule has 0 spiro atoms. The van der Waals surface area contributed by atoms with Crippen LogP contribution in [0.15, 0.2) is 0 Å². The van der Waals surface area contributed by atoms with Gasteiger partial charge in [0.2, 0.25) is 0 Å². The topological polar surface area (TPSA) is 136 Å². The fourth-order valence-corrected chi connectivity index (χ4v) is 3.66. The van der Waals surface area contributed by atoms with Gasteiger partial charge in [0.1, 0.15) is 23.9 Å². The lowest BCUT2D eigenvalue weighted by Crippen LogP contribution is -2.50. The van der Waals surface area contributed by atoms with Crippen molar-refractivity contribution in [3.63, 3.8) is 0 Å². The predicted molar refractivity (Wildman–Crippen MR) is 108 cm³/mol. The summed E-state index contributed by atoms with van der Waals surface area (Å²) in [5.74, 6) is -3.64. The van der Waals surface area contributed by atoms with E-state index in [1.54, 1.807) is 34.6 Å². The van der Waals surface area contributed by atoms with E-state index < -0.39 is 59.7 Å². The molecule has 0 aromatic carbocycles. The van der Waals surface area contributed by atoms with Crippen molar-refractivity contribution in [3.05, 3.63) is 0 Å². The van der Waals surface area contributed by atoms with Crippen molar-refractivity contribution >= 4 is 23.8 Å². The van der Waals surface area contributed by atoms with Crippen LogP contribution in [0.1, 0.15) is 47.5 Å². The Morgan fingerprint density at radius 2 is 1.75 bits per heavy atom. The molecule has 11 heteroatoms. The zero-order chi connectivity index (χ0) is 24.3. The van der Waals surface area contributed by atoms with Gasteiger partial charge in [-0.3, -0.25) is 9.59 Å². The number of ketones is 1. The SMILES string of the molecule is COC(=O)[C@H](C[C@H](NC(=O)OC(C)(C)C)C(=O)OC)C[C@H]1OC[C@H]2OC(C)(C)O[C@H]2C1=O. The summed E-state index contributed by atoms with van der Waals surface area (Å²) in [4.78, 5) is 49.8. The van der Waals surface area contributed by atoms with Crippen molar-refractivity contribution in [2.75, 3.05) is 20.8 Å². The first kappa shape index (κ1) is 26.0. The normalized spacial score (nSPS) is 26.5. The van der Waals surface area contributed by atoms with Crippen LogP contribution in [0.25, 0.3) is 0 Å². The van der Waals surface area contributed by atoms with E-state index in [-0.39, 0.29) is 25.2 Å². The van der Waals surface area contributed by atoms with Crippen molar-refractivity contribution < 1.29 is 47.6 Å². The Morgan fingerprint density at radius 3 is 2.31 bits per heavy atom. The average molecular weight is 459 g/mol. The number of methoxy groups -OCH3 is 2. The molecule has 0 aromatic rings. The molecule has 0 aromatic heterocycles. The van der Waals surface area contributed by atoms with Crippen molar-refractivity contribution in [3.8, 4) is 0 Å². The van der Waals surface area contributed by atoms with Gasteiger partial charge in [0.15, 0.2) is 17.7 Å². The largest absolute Gasteiger partial charge is 0.469 e. The maximum absolute atomic E-state index is 12.9. The number of carbonyl (C=O) groups is 4. The minimum Gasteiger partial charge on any atom is -0.469 e. The molecule has 2 saturated heterocycles. The molecule has 0 unspecified atom stereocenters. The Morgan fingerprint density at radius 1 is 1.12 bits per heavy atom. The van der Waals surface area contributed by atoms with E-state index in [0.717, 1.165) is 7.11 Å². The van der Waals surface area contributed by atoms with Crippen molar-refractivity contribution in [2.45, 2.75) is 83.2 Å². The summed E-state index contributed by atoms with van der Waals surface area (Å²) in [6, 6.07) is -1.20. The first-order chi connectivity index (χ1) is 14.8. The predicted octanol–water partition coefficient (Wildman–Crippen LogP) is 1.11. The molecule has 182 valence electrons. The van der Waals surface area contributed by atoms with Gasteiger partial charge >= 0.3 is 18.0 Å². The lowest BCUT2D eigenvalue weighted by atomic mass is 9.89. The third kappa shape index (κ3) is 6.88. The number of rotatable bonds is 7. The van der Waals surface area contributed by atoms with E-state index in [1.165, 1.54) is 7.11 Å². The monoisotopic (exact) mass is 459 g/mol. The number of esters is 2. The van der Waals surface area contributed by atoms with Crippen molar-refractivity contribution in [2.24, 2.45) is 5.92 Å². The van der Waals surface area contributed by atoms with Gasteiger partial charge < -0.3 is 33.7 Å². The second kappa shape index (κ2) is 10.1. The summed E-state index contributed by atoms with van der Waals surface area (Å²) in [6.07, 6.45) is -3.38. The van der Waals surface area contributed by atoms with Gasteiger partial charge in [0, 0.05) is 0 Å². The minimum absolute atomic E-state index is 0.0675. The Kier molecular flexibility index (Phi) is 8.24. The van der Waals surface area contributed by atoms with Gasteiger partial charge in [-0.05, 0) is 47.5 Å². The Bertz CT molecular complexity index is 729. The molecular formula is C21H33NO10. The molecule has 5 atom stereocenters. The van der Waals surface area contributed by atoms with E-state index >= 15 is 0 Å². The highest BCUT2D eigenvalue weighted by Gasteiger charge is 2.51. The second-order valence-corrected chi connectivity index (χ2v) is 9.23. The number of hydrogen-bond acceptors (Lipinski definition) is 10. The van der Waals surface area contributed by atoms with E-state index in [0.29, 0.717) is 0 Å². The molecule has 2 rings (SSSR count). The number of Topliss-reactive ketones (excluding diaryl/α,β-unsaturated/α-hetero) is 1. The van der Waals surface area contributed by atoms with Gasteiger partial charge in [0.25, 0.3) is 0 Å². The molecular weight excluding hydrogens is 426 g/mol. The molecule has 0 saturated carbocycles. The van der Waals surface area contributed by atoms with Crippen molar-refractivity contribution in [1.29, 1.82) is 0 Å². The smallest absolute Gasteiger partial charge is 0.408 e. The van der Waals surface area contributed by atoms with Gasteiger partial charge in [-0.25, -0.2) is 9.59 Å². The van der Waals surface area contributed by atoms with E-state index in [4.69, 9.17) is 28.4 Å². The third-order valence-corrected chi connectivity index (χ3v) is 4.97. The summed E-state index contributed by atoms with van der Waals surface area (Å²) < 4.78 is 31.8. The molecule has 0 bridgehead atoms. The maximum atomic E-state index is 12.9. The molecule has 2 aliphatic heterocycles. The Hall–Kier alpha value is -2.24. The lowest BCUT2D eigenvalue weighted by Gasteiger charge is -2.31. The highest BCUT2D eigenvalue weighted by Crippen LogP contribution is 2.34. The molecule has 2 heterocycles. The van der Waals surface area contributed by atoms with E-state index in [1.807, 2.05) is 0 Å². The number of fused-ring (bicyclic) bond motifs is 1. The molecule has 2 fully saturated rings. The first-order valence-electron chi connectivity index (χ1n) is 10.4. The third-order valence-electron chi connectivity index (χ3n) is 4.97. The Labute approximate surface area is 187 Å². The summed E-state index contributed by atoms with van der Waals surface area (Å²) in [5, 5.41) is 2.42. The number of amides is 1. The number of carbonyl (C=O) groups excluding carboxylic acids is 4. The zero-order valence-corrected chi connectivity index (χ0v) is 19.6. The van der Waals surface area contributed by atoms with Crippen LogP contribution in [-0.2, 0) is 42.8 Å². The van der Waals surface area contributed by atoms with Gasteiger partial charge in [-0.15, -0.1) is 0 Å². The van der Waals surface area contributed by atoms with Crippen LogP contribution in [0.3, 0.4) is 0 Å². The maximum Gasteiger partial charge on any atom is 0.408 e. The van der Waals surface area contributed by atoms with Crippen LogP contribution in [0.2, 0.25) is 0 Å². The van der Waals surface area contributed by atoms with E-state index in [2.05, 4.69) is 5.32 Å². The number of ether oxygens (including phenoxy) is 6. The van der Waals surface area contributed by atoms with Crippen molar-refractivity contribution in [1.82, 2.24) is 5.32 Å². The Balaban J connectivity index is 2.12. The quantitative estimate of drug-likeness (QED) is 0.435. The lowest BCUT2D eigenvalue weighted by molar-refractivity contribution is -0.159. The first-order valence-corrected chi connectivity index (χ1v) is 10.4. The number of hydrogen-bond donors (Lipinski definition) is 1. The molecule has 11 nitrogen and oxygen atoms in total. The summed E-state index contributed by atoms with van der Waals surface area (Å²) >= 11 is 0. The van der Waals surface area contributed by atoms with Gasteiger partial charge in [-0.1, -0.05) is 0 Å². The van der Waals surface area contributed by atoms with Crippen LogP contribution in [0.4, 0.5) is 4.79 Å². The standard InChI is InChI=1S/C21H33NO10/c1-20(2,3)32-19(26)22-12(18(25)28-7)8-11(17(24)27-6)9-13-15(23)16-14(10-29-13)30-21(4,5)31-16/h11-14,16H,8-10H2,1-7H3,(H,22,26)/t11-,12+,13-,14-,16-/m1/s1. The van der Waals surface area contributed by atoms with Crippen LogP contribution < -0.4 is 5.32 Å². The average Bonchev–Trinajstić information content (AvgIpc) is 3.01. The summed E-state index contributed by atoms with van der Waals surface area (Å²) in [5.41, 5.74) is -0.789. The van der Waals surface area contributed by atoms with Crippen LogP contribution in [0.5, 0.6) is 0 Å². The van der Waals surface area contributed by atoms with Crippen LogP contribution in [0, 0.1) is 5.92 Å². The van der Waals surface area contributed by atoms with Gasteiger partial charge in [0.05, 0.1) is 26.7 Å². The molecule has 0 radical (unpaired) electrons. The molecule has 2 aliphatic rings. The molecule has 0 aliphatic carbocycles. The fraction of sp³-hybridized carbons (Fsp3) is 0.810. The fourth-order valence-electron chi connectivity index (χ4n) is 3.66. The molecule has 1 amide bonds. The summed E-state index contributed by atoms with van der Waals surface area (Å²) in [7, 11) is 2.35. The molecule has 32 heavy (non-hydrogen) atoms. The zero-order valence-electron chi connectivity index (χ0n) is 19.6. The highest BCUT2D eigenvalue weighted by atomic mass is 16.8. The van der Waals surface area contributed by atoms with Crippen LogP contribution >= 0.6 is 0 Å². The molecule has 1 N–H and O–H groups in total. The van der Waals surface area contributed by atoms with Crippen LogP contribution in [-0.4, -0.2) is 80.4 Å². The number of nitrogens with one attached hydrogen (secondary N) is 1. The summed E-state index contributed by atoms with van der Waals surface area (Å²) in [6.45, 7) is 8.54. The second-order valence-electron chi connectivity index (χ2n) is 9.23.